The molecule has 0 amide bonds. The van der Waals surface area contributed by atoms with Gasteiger partial charge in [0.2, 0.25) is 0 Å². The van der Waals surface area contributed by atoms with Crippen molar-refractivity contribution in [2.45, 2.75) is 6.54 Å². The Morgan fingerprint density at radius 3 is 2.34 bits per heavy atom. The van der Waals surface area contributed by atoms with Gasteiger partial charge < -0.3 is 25.0 Å². The summed E-state index contributed by atoms with van der Waals surface area (Å²) in [5, 5.41) is 6.62. The highest BCUT2D eigenvalue weighted by atomic mass is 32.2. The minimum absolute atomic E-state index is 0.551. The molecule has 2 N–H and O–H groups in total. The summed E-state index contributed by atoms with van der Waals surface area (Å²) in [6, 6.07) is 16.4. The summed E-state index contributed by atoms with van der Waals surface area (Å²) >= 11 is 2.03. The van der Waals surface area contributed by atoms with Gasteiger partial charge in [0.1, 0.15) is 18.1 Å². The van der Waals surface area contributed by atoms with Crippen LogP contribution in [0.1, 0.15) is 5.56 Å². The number of anilines is 1. The molecule has 2 aromatic rings. The number of thioether (sulfide) groups is 1. The lowest BCUT2D eigenvalue weighted by Gasteiger charge is -2.28. The quantitative estimate of drug-likeness (QED) is 0.393. The summed E-state index contributed by atoms with van der Waals surface area (Å²) in [7, 11) is 3.43. The van der Waals surface area contributed by atoms with Gasteiger partial charge >= 0.3 is 0 Å². The van der Waals surface area contributed by atoms with E-state index >= 15 is 0 Å². The summed E-state index contributed by atoms with van der Waals surface area (Å²) in [4.78, 5) is 6.73. The van der Waals surface area contributed by atoms with Gasteiger partial charge in [-0.15, -0.1) is 0 Å². The van der Waals surface area contributed by atoms with Crippen LogP contribution in [0.2, 0.25) is 0 Å². The highest BCUT2D eigenvalue weighted by molar-refractivity contribution is 7.99. The van der Waals surface area contributed by atoms with E-state index in [1.807, 2.05) is 36.0 Å². The summed E-state index contributed by atoms with van der Waals surface area (Å²) in [6.07, 6.45) is 0. The van der Waals surface area contributed by atoms with Crippen LogP contribution in [0.5, 0.6) is 11.5 Å². The zero-order chi connectivity index (χ0) is 20.3. The van der Waals surface area contributed by atoms with Crippen molar-refractivity contribution in [1.82, 2.24) is 10.6 Å². The molecular formula is C22H30N4O2S. The van der Waals surface area contributed by atoms with E-state index in [0.717, 1.165) is 37.1 Å². The van der Waals surface area contributed by atoms with Crippen LogP contribution in [0.15, 0.2) is 53.5 Å². The fourth-order valence-electron chi connectivity index (χ4n) is 3.06. The molecular weight excluding hydrogens is 384 g/mol. The fourth-order valence-corrected chi connectivity index (χ4v) is 3.97. The van der Waals surface area contributed by atoms with Crippen molar-refractivity contribution >= 4 is 23.4 Å². The number of nitrogens with one attached hydrogen (secondary N) is 2. The SMILES string of the molecule is CN=C(NCCOc1ccc(OC)cc1)NCc1ccc(N2CCSCC2)cc1. The number of hydrogen-bond donors (Lipinski definition) is 2. The zero-order valence-electron chi connectivity index (χ0n) is 17.2. The first kappa shape index (κ1) is 21.2. The summed E-state index contributed by atoms with van der Waals surface area (Å²) in [5.41, 5.74) is 2.55. The van der Waals surface area contributed by atoms with E-state index in [1.54, 1.807) is 14.2 Å². The third-order valence-electron chi connectivity index (χ3n) is 4.72. The van der Waals surface area contributed by atoms with Crippen molar-refractivity contribution in [3.8, 4) is 11.5 Å². The smallest absolute Gasteiger partial charge is 0.191 e. The Kier molecular flexibility index (Phi) is 8.37. The second-order valence-electron chi connectivity index (χ2n) is 6.64. The molecule has 6 nitrogen and oxygen atoms in total. The van der Waals surface area contributed by atoms with Gasteiger partial charge in [0, 0.05) is 43.9 Å². The molecule has 3 rings (SSSR count). The Bertz CT molecular complexity index is 759. The zero-order valence-corrected chi connectivity index (χ0v) is 18.0. The van der Waals surface area contributed by atoms with Crippen LogP contribution in [0.3, 0.4) is 0 Å². The topological polar surface area (TPSA) is 58.1 Å². The van der Waals surface area contributed by atoms with Crippen molar-refractivity contribution in [2.75, 3.05) is 56.8 Å². The van der Waals surface area contributed by atoms with E-state index in [1.165, 1.54) is 22.8 Å². The first-order valence-electron chi connectivity index (χ1n) is 9.91. The predicted octanol–water partition coefficient (Wildman–Crippen LogP) is 2.99. The van der Waals surface area contributed by atoms with Gasteiger partial charge in [-0.25, -0.2) is 0 Å². The minimum Gasteiger partial charge on any atom is -0.497 e. The lowest BCUT2D eigenvalue weighted by Crippen LogP contribution is -2.38. The number of aliphatic imine (C=N–C) groups is 1. The molecule has 0 saturated carbocycles. The van der Waals surface area contributed by atoms with Gasteiger partial charge in [-0.3, -0.25) is 4.99 Å². The number of guanidine groups is 1. The lowest BCUT2D eigenvalue weighted by atomic mass is 10.2. The minimum atomic E-state index is 0.551. The summed E-state index contributed by atoms with van der Waals surface area (Å²) in [5.74, 6) is 4.84. The molecule has 1 aliphatic rings. The van der Waals surface area contributed by atoms with Crippen LogP contribution < -0.4 is 25.0 Å². The van der Waals surface area contributed by atoms with Crippen LogP contribution >= 0.6 is 11.8 Å². The second-order valence-corrected chi connectivity index (χ2v) is 7.87. The number of ether oxygens (including phenoxy) is 2. The van der Waals surface area contributed by atoms with E-state index in [9.17, 15) is 0 Å². The van der Waals surface area contributed by atoms with Gasteiger partial charge in [0.25, 0.3) is 0 Å². The Morgan fingerprint density at radius 1 is 1.00 bits per heavy atom. The van der Waals surface area contributed by atoms with Crippen molar-refractivity contribution in [1.29, 1.82) is 0 Å². The molecule has 0 aromatic heterocycles. The first-order chi connectivity index (χ1) is 14.3. The monoisotopic (exact) mass is 414 g/mol. The van der Waals surface area contributed by atoms with Crippen LogP contribution in [0.4, 0.5) is 5.69 Å². The third kappa shape index (κ3) is 6.78. The van der Waals surface area contributed by atoms with Gasteiger partial charge in [0.05, 0.1) is 13.7 Å². The number of hydrogen-bond acceptors (Lipinski definition) is 5. The van der Waals surface area contributed by atoms with Crippen molar-refractivity contribution < 1.29 is 9.47 Å². The molecule has 0 unspecified atom stereocenters. The Labute approximate surface area is 177 Å². The van der Waals surface area contributed by atoms with Crippen molar-refractivity contribution in [3.05, 3.63) is 54.1 Å². The first-order valence-corrected chi connectivity index (χ1v) is 11.1. The van der Waals surface area contributed by atoms with Gasteiger partial charge in [-0.2, -0.15) is 11.8 Å². The summed E-state index contributed by atoms with van der Waals surface area (Å²) < 4.78 is 10.9. The second kappa shape index (κ2) is 11.5. The van der Waals surface area contributed by atoms with Crippen LogP contribution in [0, 0.1) is 0 Å². The number of methoxy groups -OCH3 is 1. The molecule has 0 bridgehead atoms. The normalized spacial score (nSPS) is 14.4. The number of nitrogens with zero attached hydrogens (tertiary/aromatic N) is 2. The number of benzene rings is 2. The van der Waals surface area contributed by atoms with E-state index in [0.29, 0.717) is 13.2 Å². The lowest BCUT2D eigenvalue weighted by molar-refractivity contribution is 0.321. The van der Waals surface area contributed by atoms with Crippen LogP contribution in [0.25, 0.3) is 0 Å². The predicted molar refractivity (Wildman–Crippen MR) is 123 cm³/mol. The highest BCUT2D eigenvalue weighted by Crippen LogP contribution is 2.20. The number of rotatable bonds is 8. The van der Waals surface area contributed by atoms with E-state index < -0.39 is 0 Å². The average molecular weight is 415 g/mol. The molecule has 1 fully saturated rings. The molecule has 0 radical (unpaired) electrons. The van der Waals surface area contributed by atoms with E-state index in [4.69, 9.17) is 9.47 Å². The molecule has 29 heavy (non-hydrogen) atoms. The maximum absolute atomic E-state index is 5.73. The van der Waals surface area contributed by atoms with Crippen molar-refractivity contribution in [2.24, 2.45) is 4.99 Å². The Balaban J connectivity index is 1.37. The highest BCUT2D eigenvalue weighted by Gasteiger charge is 2.10. The molecule has 0 aliphatic carbocycles. The largest absolute Gasteiger partial charge is 0.497 e. The fraction of sp³-hybridized carbons (Fsp3) is 0.409. The molecule has 2 aromatic carbocycles. The summed E-state index contributed by atoms with van der Waals surface area (Å²) in [6.45, 7) is 4.22. The third-order valence-corrected chi connectivity index (χ3v) is 5.66. The maximum Gasteiger partial charge on any atom is 0.191 e. The van der Waals surface area contributed by atoms with Gasteiger partial charge in [-0.05, 0) is 42.0 Å². The van der Waals surface area contributed by atoms with Crippen molar-refractivity contribution in [3.63, 3.8) is 0 Å². The molecule has 7 heteroatoms. The molecule has 1 saturated heterocycles. The molecule has 1 aliphatic heterocycles. The van der Waals surface area contributed by atoms with E-state index in [2.05, 4.69) is 44.8 Å². The van der Waals surface area contributed by atoms with Gasteiger partial charge in [0.15, 0.2) is 5.96 Å². The Morgan fingerprint density at radius 2 is 1.69 bits per heavy atom. The molecule has 0 spiro atoms. The van der Waals surface area contributed by atoms with E-state index in [-0.39, 0.29) is 0 Å². The molecule has 0 atom stereocenters. The van der Waals surface area contributed by atoms with Gasteiger partial charge in [-0.1, -0.05) is 12.1 Å². The average Bonchev–Trinajstić information content (AvgIpc) is 2.80. The Hall–Kier alpha value is -2.54. The van der Waals surface area contributed by atoms with Crippen LogP contribution in [-0.4, -0.2) is 57.9 Å². The van der Waals surface area contributed by atoms with Crippen LogP contribution in [-0.2, 0) is 6.54 Å². The molecule has 1 heterocycles. The standard InChI is InChI=1S/C22H30N4O2S/c1-23-22(24-11-14-28-21-9-7-20(27-2)8-10-21)25-17-18-3-5-19(6-4-18)26-12-15-29-16-13-26/h3-10H,11-17H2,1-2H3,(H2,23,24,25). The maximum atomic E-state index is 5.73. The molecule has 156 valence electrons.